The Morgan fingerprint density at radius 3 is 2.76 bits per heavy atom. The number of anilines is 2. The van der Waals surface area contributed by atoms with Crippen molar-refractivity contribution in [2.45, 2.75) is 19.9 Å². The summed E-state index contributed by atoms with van der Waals surface area (Å²) in [4.78, 5) is 21.2. The molecule has 2 N–H and O–H groups in total. The quantitative estimate of drug-likeness (QED) is 0.564. The van der Waals surface area contributed by atoms with Crippen LogP contribution in [0.25, 0.3) is 0 Å². The van der Waals surface area contributed by atoms with Gasteiger partial charge in [-0.3, -0.25) is 0 Å². The zero-order valence-corrected chi connectivity index (χ0v) is 17.6. The number of aliphatic hydroxyl groups is 1. The van der Waals surface area contributed by atoms with E-state index in [4.69, 9.17) is 37.8 Å². The number of halogens is 3. The van der Waals surface area contributed by atoms with Crippen molar-refractivity contribution in [3.05, 3.63) is 34.2 Å². The van der Waals surface area contributed by atoms with E-state index in [1.54, 1.807) is 20.9 Å². The van der Waals surface area contributed by atoms with Gasteiger partial charge >= 0.3 is 5.97 Å². The van der Waals surface area contributed by atoms with E-state index in [-0.39, 0.29) is 47.4 Å². The minimum absolute atomic E-state index is 0.0722. The summed E-state index contributed by atoms with van der Waals surface area (Å²) in [6, 6.07) is 2.14. The number of benzene rings is 1. The lowest BCUT2D eigenvalue weighted by Gasteiger charge is -2.18. The maximum atomic E-state index is 14.2. The lowest BCUT2D eigenvalue weighted by molar-refractivity contribution is -0.143. The summed E-state index contributed by atoms with van der Waals surface area (Å²) >= 11 is 12.3. The molecule has 0 spiro atoms. The third-order valence-electron chi connectivity index (χ3n) is 3.72. The molecule has 1 heterocycles. The molecule has 0 saturated heterocycles. The highest BCUT2D eigenvalue weighted by Gasteiger charge is 2.19. The lowest BCUT2D eigenvalue weighted by atomic mass is 10.2. The molecular formula is C18H21Cl2FN4O4. The number of carbonyl (C=O) groups excluding carboxylic acids is 1. The molecule has 0 saturated carbocycles. The molecule has 1 aromatic carbocycles. The van der Waals surface area contributed by atoms with Gasteiger partial charge in [-0.2, -0.15) is 9.37 Å². The van der Waals surface area contributed by atoms with E-state index >= 15 is 0 Å². The third-order valence-corrected chi connectivity index (χ3v) is 4.32. The summed E-state index contributed by atoms with van der Waals surface area (Å²) in [6.07, 6.45) is 0.956. The van der Waals surface area contributed by atoms with E-state index in [1.807, 2.05) is 0 Å². The minimum Gasteiger partial charge on any atom is -0.464 e. The van der Waals surface area contributed by atoms with Crippen LogP contribution in [-0.4, -0.2) is 53.9 Å². The number of nitrogens with one attached hydrogen (secondary N) is 1. The highest BCUT2D eigenvalue weighted by molar-refractivity contribution is 6.37. The number of nitrogens with zero attached hydrogens (tertiary/aromatic N) is 3. The van der Waals surface area contributed by atoms with Crippen LogP contribution in [0.5, 0.6) is 11.6 Å². The van der Waals surface area contributed by atoms with Gasteiger partial charge in [0, 0.05) is 19.7 Å². The largest absolute Gasteiger partial charge is 0.464 e. The van der Waals surface area contributed by atoms with Gasteiger partial charge in [-0.05, 0) is 19.9 Å². The zero-order valence-electron chi connectivity index (χ0n) is 16.1. The molecule has 0 fully saturated rings. The Hall–Kier alpha value is -2.36. The highest BCUT2D eigenvalue weighted by atomic mass is 35.5. The molecule has 8 nitrogen and oxygen atoms in total. The number of aliphatic hydroxyl groups excluding tert-OH is 1. The fourth-order valence-corrected chi connectivity index (χ4v) is 2.71. The van der Waals surface area contributed by atoms with Crippen LogP contribution in [-0.2, 0) is 9.53 Å². The number of hydrogen-bond acceptors (Lipinski definition) is 8. The standard InChI is InChI=1S/C18H21Cl2FN4O4/c1-4-28-17(27)10(2)23-14-8-15(12(20)7-11(14)19)29-16-13(21)9-22-18(24-16)25(3)5-6-26/h7-10,23,26H,4-6H2,1-3H3. The molecule has 0 radical (unpaired) electrons. The predicted molar refractivity (Wildman–Crippen MR) is 109 cm³/mol. The monoisotopic (exact) mass is 446 g/mol. The highest BCUT2D eigenvalue weighted by Crippen LogP contribution is 2.37. The fraction of sp³-hybridized carbons (Fsp3) is 0.389. The second-order valence-electron chi connectivity index (χ2n) is 5.95. The normalized spacial score (nSPS) is 11.7. The molecule has 0 aliphatic carbocycles. The molecule has 1 aromatic heterocycles. The topological polar surface area (TPSA) is 96.8 Å². The van der Waals surface area contributed by atoms with E-state index in [0.29, 0.717) is 5.69 Å². The van der Waals surface area contributed by atoms with Gasteiger partial charge in [0.15, 0.2) is 0 Å². The van der Waals surface area contributed by atoms with Gasteiger partial charge in [-0.25, -0.2) is 9.78 Å². The SMILES string of the molecule is CCOC(=O)C(C)Nc1cc(Oc2nc(N(C)CCO)ncc2F)c(Cl)cc1Cl. The summed E-state index contributed by atoms with van der Waals surface area (Å²) in [5.41, 5.74) is 0.346. The van der Waals surface area contributed by atoms with Crippen LogP contribution in [0.15, 0.2) is 18.3 Å². The number of carbonyl (C=O) groups is 1. The second kappa shape index (κ2) is 10.4. The van der Waals surface area contributed by atoms with Crippen molar-refractivity contribution in [1.82, 2.24) is 9.97 Å². The first-order valence-corrected chi connectivity index (χ1v) is 9.47. The average molecular weight is 447 g/mol. The van der Waals surface area contributed by atoms with Gasteiger partial charge in [-0.15, -0.1) is 0 Å². The van der Waals surface area contributed by atoms with Gasteiger partial charge < -0.3 is 24.8 Å². The van der Waals surface area contributed by atoms with Crippen molar-refractivity contribution >= 4 is 40.8 Å². The molecule has 1 atom stereocenters. The Labute approximate surface area is 177 Å². The van der Waals surface area contributed by atoms with Gasteiger partial charge in [0.2, 0.25) is 11.8 Å². The van der Waals surface area contributed by atoms with E-state index in [1.165, 1.54) is 17.0 Å². The van der Waals surface area contributed by atoms with Crippen molar-refractivity contribution in [2.75, 3.05) is 37.0 Å². The van der Waals surface area contributed by atoms with E-state index in [2.05, 4.69) is 15.3 Å². The van der Waals surface area contributed by atoms with E-state index in [9.17, 15) is 9.18 Å². The van der Waals surface area contributed by atoms with Crippen molar-refractivity contribution in [3.63, 3.8) is 0 Å². The number of aromatic nitrogens is 2. The molecule has 2 aromatic rings. The van der Waals surface area contributed by atoms with Gasteiger partial charge in [0.1, 0.15) is 11.8 Å². The Morgan fingerprint density at radius 2 is 2.10 bits per heavy atom. The van der Waals surface area contributed by atoms with Crippen LogP contribution in [0.2, 0.25) is 10.0 Å². The number of esters is 1. The molecule has 1 unspecified atom stereocenters. The summed E-state index contributed by atoms with van der Waals surface area (Å²) < 4.78 is 24.6. The number of hydrogen-bond donors (Lipinski definition) is 2. The number of ether oxygens (including phenoxy) is 2. The first-order chi connectivity index (χ1) is 13.8. The Balaban J connectivity index is 2.29. The zero-order chi connectivity index (χ0) is 21.6. The molecular weight excluding hydrogens is 426 g/mol. The number of rotatable bonds is 9. The van der Waals surface area contributed by atoms with Crippen LogP contribution < -0.4 is 15.0 Å². The first kappa shape index (κ1) is 22.9. The van der Waals surface area contributed by atoms with Crippen LogP contribution >= 0.6 is 23.2 Å². The van der Waals surface area contributed by atoms with Gasteiger partial charge in [0.25, 0.3) is 5.88 Å². The molecule has 0 amide bonds. The molecule has 29 heavy (non-hydrogen) atoms. The molecule has 0 bridgehead atoms. The van der Waals surface area contributed by atoms with Gasteiger partial charge in [-0.1, -0.05) is 23.2 Å². The van der Waals surface area contributed by atoms with Crippen LogP contribution in [0.4, 0.5) is 16.0 Å². The van der Waals surface area contributed by atoms with Crippen LogP contribution in [0, 0.1) is 5.82 Å². The van der Waals surface area contributed by atoms with Crippen molar-refractivity contribution in [1.29, 1.82) is 0 Å². The first-order valence-electron chi connectivity index (χ1n) is 8.71. The van der Waals surface area contributed by atoms with E-state index in [0.717, 1.165) is 6.20 Å². The average Bonchev–Trinajstić information content (AvgIpc) is 2.67. The van der Waals surface area contributed by atoms with Crippen molar-refractivity contribution in [2.24, 2.45) is 0 Å². The molecule has 158 valence electrons. The molecule has 0 aliphatic rings. The maximum Gasteiger partial charge on any atom is 0.328 e. The minimum atomic E-state index is -0.799. The van der Waals surface area contributed by atoms with Crippen molar-refractivity contribution < 1.29 is 23.8 Å². The van der Waals surface area contributed by atoms with Gasteiger partial charge in [0.05, 0.1) is 35.1 Å². The Bertz CT molecular complexity index is 872. The van der Waals surface area contributed by atoms with E-state index < -0.39 is 17.8 Å². The summed E-state index contributed by atoms with van der Waals surface area (Å²) in [5, 5.41) is 12.3. The molecule has 2 rings (SSSR count). The van der Waals surface area contributed by atoms with Crippen LogP contribution in [0.1, 0.15) is 13.8 Å². The summed E-state index contributed by atoms with van der Waals surface area (Å²) in [7, 11) is 1.64. The smallest absolute Gasteiger partial charge is 0.328 e. The summed E-state index contributed by atoms with van der Waals surface area (Å²) in [5.74, 6) is -1.38. The number of likely N-dealkylation sites (N-methyl/N-ethyl adjacent to an activating group) is 1. The molecule has 11 heteroatoms. The maximum absolute atomic E-state index is 14.2. The fourth-order valence-electron chi connectivity index (χ4n) is 2.23. The third kappa shape index (κ3) is 6.06. The van der Waals surface area contributed by atoms with Crippen LogP contribution in [0.3, 0.4) is 0 Å². The van der Waals surface area contributed by atoms with Crippen molar-refractivity contribution in [3.8, 4) is 11.6 Å². The summed E-state index contributed by atoms with van der Waals surface area (Å²) in [6.45, 7) is 3.69. The lowest BCUT2D eigenvalue weighted by Crippen LogP contribution is -2.28. The predicted octanol–water partition coefficient (Wildman–Crippen LogP) is 3.51. The second-order valence-corrected chi connectivity index (χ2v) is 6.77. The molecule has 0 aliphatic heterocycles. The Morgan fingerprint density at radius 1 is 1.38 bits per heavy atom. The Kier molecular flexibility index (Phi) is 8.24.